The van der Waals surface area contributed by atoms with Gasteiger partial charge in [0.25, 0.3) is 0 Å². The Labute approximate surface area is 224 Å². The maximum atomic E-state index is 12.1. The first-order chi connectivity index (χ1) is 18.2. The SMILES string of the molecule is CC(=O)CN1CCC[C@@H]1c1nc2ccccc2n1C1C[C@H]2CCC[C@@H](C1)N2C1CCCCCCCCC1. The van der Waals surface area contributed by atoms with Gasteiger partial charge in [0.05, 0.1) is 23.6 Å². The molecule has 1 unspecified atom stereocenters. The van der Waals surface area contributed by atoms with Crippen LogP contribution in [0.3, 0.4) is 0 Å². The fourth-order valence-corrected chi connectivity index (χ4v) is 8.56. The molecule has 202 valence electrons. The van der Waals surface area contributed by atoms with Crippen molar-refractivity contribution in [3.8, 4) is 0 Å². The molecule has 6 rings (SSSR count). The summed E-state index contributed by atoms with van der Waals surface area (Å²) >= 11 is 0. The number of hydrogen-bond donors (Lipinski definition) is 0. The lowest BCUT2D eigenvalue weighted by Gasteiger charge is -2.53. The average molecular weight is 505 g/mol. The molecule has 4 heterocycles. The van der Waals surface area contributed by atoms with Crippen molar-refractivity contribution in [2.45, 2.75) is 140 Å². The van der Waals surface area contributed by atoms with Crippen LogP contribution in [0, 0.1) is 0 Å². The summed E-state index contributed by atoms with van der Waals surface area (Å²) in [6.07, 6.45) is 21.8. The minimum atomic E-state index is 0.267. The highest BCUT2D eigenvalue weighted by Gasteiger charge is 2.43. The lowest BCUT2D eigenvalue weighted by molar-refractivity contribution is -0.118. The van der Waals surface area contributed by atoms with Gasteiger partial charge in [-0.15, -0.1) is 0 Å². The molecule has 1 aliphatic carbocycles. The Kier molecular flexibility index (Phi) is 7.99. The highest BCUT2D eigenvalue weighted by atomic mass is 16.1. The number of carbonyl (C=O) groups is 1. The minimum Gasteiger partial charge on any atom is -0.323 e. The van der Waals surface area contributed by atoms with E-state index in [-0.39, 0.29) is 11.8 Å². The van der Waals surface area contributed by atoms with Crippen LogP contribution in [0.25, 0.3) is 11.0 Å². The van der Waals surface area contributed by atoms with Crippen LogP contribution in [-0.4, -0.2) is 56.3 Å². The molecule has 0 N–H and O–H groups in total. The predicted molar refractivity (Wildman–Crippen MR) is 151 cm³/mol. The van der Waals surface area contributed by atoms with Crippen molar-refractivity contribution < 1.29 is 4.79 Å². The molecule has 0 radical (unpaired) electrons. The molecule has 4 fully saturated rings. The van der Waals surface area contributed by atoms with Crippen LogP contribution in [0.15, 0.2) is 24.3 Å². The highest BCUT2D eigenvalue weighted by molar-refractivity contribution is 5.78. The van der Waals surface area contributed by atoms with Crippen molar-refractivity contribution in [3.63, 3.8) is 0 Å². The molecule has 5 heteroatoms. The third-order valence-electron chi connectivity index (χ3n) is 10.1. The molecule has 2 bridgehead atoms. The molecule has 1 aromatic carbocycles. The van der Waals surface area contributed by atoms with Crippen molar-refractivity contribution >= 4 is 16.8 Å². The van der Waals surface area contributed by atoms with E-state index in [1.165, 1.54) is 101 Å². The number of benzene rings is 1. The van der Waals surface area contributed by atoms with Gasteiger partial charge in [-0.1, -0.05) is 63.5 Å². The van der Waals surface area contributed by atoms with Gasteiger partial charge in [-0.3, -0.25) is 14.6 Å². The van der Waals surface area contributed by atoms with Crippen LogP contribution in [-0.2, 0) is 4.79 Å². The van der Waals surface area contributed by atoms with Crippen LogP contribution in [0.1, 0.15) is 128 Å². The molecule has 37 heavy (non-hydrogen) atoms. The number of para-hydroxylation sites is 2. The van der Waals surface area contributed by atoms with Gasteiger partial charge in [0, 0.05) is 24.2 Å². The molecule has 3 saturated heterocycles. The maximum Gasteiger partial charge on any atom is 0.143 e. The van der Waals surface area contributed by atoms with Crippen LogP contribution in [0.4, 0.5) is 0 Å². The third-order valence-corrected chi connectivity index (χ3v) is 10.1. The van der Waals surface area contributed by atoms with Crippen LogP contribution >= 0.6 is 0 Å². The molecule has 3 aliphatic heterocycles. The number of nitrogens with zero attached hydrogens (tertiary/aromatic N) is 4. The lowest BCUT2D eigenvalue weighted by Crippen LogP contribution is -2.56. The summed E-state index contributed by atoms with van der Waals surface area (Å²) < 4.78 is 2.66. The third kappa shape index (κ3) is 5.41. The van der Waals surface area contributed by atoms with Gasteiger partial charge in [0.1, 0.15) is 11.6 Å². The molecule has 5 nitrogen and oxygen atoms in total. The Balaban J connectivity index is 1.29. The van der Waals surface area contributed by atoms with E-state index in [0.29, 0.717) is 12.6 Å². The largest absolute Gasteiger partial charge is 0.323 e. The molecular formula is C32H48N4O. The number of likely N-dealkylation sites (tertiary alicyclic amines) is 1. The number of fused-ring (bicyclic) bond motifs is 3. The van der Waals surface area contributed by atoms with Gasteiger partial charge in [-0.2, -0.15) is 0 Å². The molecule has 1 aromatic heterocycles. The van der Waals surface area contributed by atoms with Crippen molar-refractivity contribution in [1.29, 1.82) is 0 Å². The standard InChI is InChI=1S/C32H48N4O/c1-24(37)23-34-20-12-19-31(34)32-33-29-17-9-10-18-30(29)36(32)28-21-26-15-11-16-27(22-28)35(26)25-13-7-5-3-2-4-6-8-14-25/h9-10,17-18,25-28,31H,2-8,11-16,19-23H2,1H3/t26-,27+,28?,31-/m1/s1. The van der Waals surface area contributed by atoms with E-state index in [2.05, 4.69) is 38.6 Å². The Morgan fingerprint density at radius 3 is 2.14 bits per heavy atom. The maximum absolute atomic E-state index is 12.1. The number of Topliss-reactive ketones (excluding diaryl/α,β-unsaturated/α-hetero) is 1. The number of aromatic nitrogens is 2. The van der Waals surface area contributed by atoms with Crippen molar-refractivity contribution in [1.82, 2.24) is 19.4 Å². The van der Waals surface area contributed by atoms with Gasteiger partial charge < -0.3 is 4.57 Å². The van der Waals surface area contributed by atoms with Gasteiger partial charge in [-0.25, -0.2) is 4.98 Å². The Hall–Kier alpha value is -1.72. The Morgan fingerprint density at radius 1 is 0.784 bits per heavy atom. The van der Waals surface area contributed by atoms with Crippen LogP contribution in [0.2, 0.25) is 0 Å². The summed E-state index contributed by atoms with van der Waals surface area (Å²) in [5, 5.41) is 0. The lowest BCUT2D eigenvalue weighted by atomic mass is 9.79. The first-order valence-corrected chi connectivity index (χ1v) is 15.7. The second-order valence-electron chi connectivity index (χ2n) is 12.7. The van der Waals surface area contributed by atoms with E-state index in [9.17, 15) is 4.79 Å². The van der Waals surface area contributed by atoms with Gasteiger partial charge in [0.2, 0.25) is 0 Å². The zero-order valence-corrected chi connectivity index (χ0v) is 23.1. The molecule has 0 amide bonds. The molecule has 0 spiro atoms. The summed E-state index contributed by atoms with van der Waals surface area (Å²) in [7, 11) is 0. The van der Waals surface area contributed by atoms with Crippen molar-refractivity contribution in [2.24, 2.45) is 0 Å². The molecule has 1 saturated carbocycles. The number of hydrogen-bond acceptors (Lipinski definition) is 4. The number of piperidine rings is 2. The minimum absolute atomic E-state index is 0.267. The smallest absolute Gasteiger partial charge is 0.143 e. The topological polar surface area (TPSA) is 41.4 Å². The van der Waals surface area contributed by atoms with E-state index in [0.717, 1.165) is 43.0 Å². The molecule has 4 aliphatic rings. The van der Waals surface area contributed by atoms with E-state index >= 15 is 0 Å². The first kappa shape index (κ1) is 25.6. The first-order valence-electron chi connectivity index (χ1n) is 15.7. The van der Waals surface area contributed by atoms with Gasteiger partial charge >= 0.3 is 0 Å². The number of imidazole rings is 1. The van der Waals surface area contributed by atoms with Gasteiger partial charge in [0.15, 0.2) is 0 Å². The monoisotopic (exact) mass is 504 g/mol. The fraction of sp³-hybridized carbons (Fsp3) is 0.750. The number of ketones is 1. The second kappa shape index (κ2) is 11.6. The molecular weight excluding hydrogens is 456 g/mol. The predicted octanol–water partition coefficient (Wildman–Crippen LogP) is 7.21. The Morgan fingerprint density at radius 2 is 1.43 bits per heavy atom. The van der Waals surface area contributed by atoms with E-state index in [1.54, 1.807) is 6.92 Å². The van der Waals surface area contributed by atoms with Crippen molar-refractivity contribution in [3.05, 3.63) is 30.1 Å². The zero-order valence-electron chi connectivity index (χ0n) is 23.1. The zero-order chi connectivity index (χ0) is 25.2. The van der Waals surface area contributed by atoms with Crippen LogP contribution < -0.4 is 0 Å². The average Bonchev–Trinajstić information content (AvgIpc) is 3.50. The van der Waals surface area contributed by atoms with E-state index < -0.39 is 0 Å². The fourth-order valence-electron chi connectivity index (χ4n) is 8.56. The van der Waals surface area contributed by atoms with E-state index in [1.807, 2.05) is 0 Å². The Bertz CT molecular complexity index is 1040. The van der Waals surface area contributed by atoms with Crippen LogP contribution in [0.5, 0.6) is 0 Å². The van der Waals surface area contributed by atoms with Crippen molar-refractivity contribution in [2.75, 3.05) is 13.1 Å². The van der Waals surface area contributed by atoms with E-state index in [4.69, 9.17) is 4.98 Å². The summed E-state index contributed by atoms with van der Waals surface area (Å²) in [4.78, 5) is 22.8. The number of carbonyl (C=O) groups excluding carboxylic acids is 1. The quantitative estimate of drug-likeness (QED) is 0.431. The summed E-state index contributed by atoms with van der Waals surface area (Å²) in [6, 6.07) is 11.8. The molecule has 2 aromatic rings. The number of rotatable bonds is 5. The van der Waals surface area contributed by atoms with Gasteiger partial charge in [-0.05, 0) is 77.0 Å². The normalized spacial score (nSPS) is 31.1. The summed E-state index contributed by atoms with van der Waals surface area (Å²) in [5.41, 5.74) is 2.44. The second-order valence-corrected chi connectivity index (χ2v) is 12.7. The summed E-state index contributed by atoms with van der Waals surface area (Å²) in [6.45, 7) is 3.30. The molecule has 4 atom stereocenters. The highest BCUT2D eigenvalue weighted by Crippen LogP contribution is 2.45. The summed E-state index contributed by atoms with van der Waals surface area (Å²) in [5.74, 6) is 1.50.